The molecule has 4 nitrogen and oxygen atoms in total. The van der Waals surface area contributed by atoms with Crippen LogP contribution in [0.5, 0.6) is 0 Å². The summed E-state index contributed by atoms with van der Waals surface area (Å²) in [5.41, 5.74) is 0.643. The Kier molecular flexibility index (Phi) is 5.03. The summed E-state index contributed by atoms with van der Waals surface area (Å²) >= 11 is 0. The molecule has 0 aromatic heterocycles. The number of hydrogen-bond acceptors (Lipinski definition) is 2. The molecular weight excluding hydrogens is 293 g/mol. The standard InChI is InChI=1S/C18H26FN3O/c1-2-15-7-5-6-10-22(15)18(23)21-13-11-20(12-14-21)17-9-4-3-8-16(17)19/h3-4,8-9,15H,2,5-7,10-14H2,1H3. The van der Waals surface area contributed by atoms with E-state index in [1.165, 1.54) is 12.5 Å². The maximum absolute atomic E-state index is 13.9. The Morgan fingerprint density at radius 1 is 1.13 bits per heavy atom. The van der Waals surface area contributed by atoms with Gasteiger partial charge in [0.25, 0.3) is 0 Å². The van der Waals surface area contributed by atoms with E-state index in [-0.39, 0.29) is 11.8 Å². The van der Waals surface area contributed by atoms with E-state index in [0.717, 1.165) is 25.8 Å². The van der Waals surface area contributed by atoms with E-state index < -0.39 is 0 Å². The van der Waals surface area contributed by atoms with Crippen molar-refractivity contribution in [1.29, 1.82) is 0 Å². The first-order valence-electron chi connectivity index (χ1n) is 8.75. The van der Waals surface area contributed by atoms with Crippen LogP contribution in [0.4, 0.5) is 14.9 Å². The number of anilines is 1. The van der Waals surface area contributed by atoms with Gasteiger partial charge in [-0.1, -0.05) is 19.1 Å². The monoisotopic (exact) mass is 319 g/mol. The summed E-state index contributed by atoms with van der Waals surface area (Å²) in [5.74, 6) is -0.186. The van der Waals surface area contributed by atoms with Crippen LogP contribution in [0.3, 0.4) is 0 Å². The van der Waals surface area contributed by atoms with Crippen molar-refractivity contribution in [3.8, 4) is 0 Å². The summed E-state index contributed by atoms with van der Waals surface area (Å²) in [7, 11) is 0. The Morgan fingerprint density at radius 2 is 1.87 bits per heavy atom. The summed E-state index contributed by atoms with van der Waals surface area (Å²) in [5, 5.41) is 0. The first-order valence-corrected chi connectivity index (χ1v) is 8.75. The highest BCUT2D eigenvalue weighted by atomic mass is 19.1. The fourth-order valence-corrected chi connectivity index (χ4v) is 3.71. The smallest absolute Gasteiger partial charge is 0.320 e. The van der Waals surface area contributed by atoms with Gasteiger partial charge in [-0.15, -0.1) is 0 Å². The number of piperidine rings is 1. The molecule has 0 N–H and O–H groups in total. The second-order valence-corrected chi connectivity index (χ2v) is 6.46. The molecule has 1 aromatic rings. The number of halogens is 1. The molecule has 2 amide bonds. The van der Waals surface area contributed by atoms with Crippen LogP contribution in [-0.4, -0.2) is 54.6 Å². The van der Waals surface area contributed by atoms with Gasteiger partial charge in [0, 0.05) is 38.8 Å². The van der Waals surface area contributed by atoms with Crippen molar-refractivity contribution in [2.45, 2.75) is 38.6 Å². The molecule has 3 rings (SSSR count). The largest absolute Gasteiger partial charge is 0.366 e. The van der Waals surface area contributed by atoms with Gasteiger partial charge in [-0.3, -0.25) is 0 Å². The Hall–Kier alpha value is -1.78. The number of piperazine rings is 1. The number of nitrogens with zero attached hydrogens (tertiary/aromatic N) is 3. The third-order valence-electron chi connectivity index (χ3n) is 5.09. The van der Waals surface area contributed by atoms with E-state index in [1.54, 1.807) is 6.07 Å². The number of rotatable bonds is 2. The summed E-state index contributed by atoms with van der Waals surface area (Å²) < 4.78 is 13.9. The van der Waals surface area contributed by atoms with E-state index in [4.69, 9.17) is 0 Å². The predicted octanol–water partition coefficient (Wildman–Crippen LogP) is 3.33. The number of benzene rings is 1. The van der Waals surface area contributed by atoms with Gasteiger partial charge < -0.3 is 14.7 Å². The van der Waals surface area contributed by atoms with E-state index >= 15 is 0 Å². The highest BCUT2D eigenvalue weighted by Gasteiger charge is 2.31. The zero-order valence-corrected chi connectivity index (χ0v) is 13.9. The van der Waals surface area contributed by atoms with Crippen LogP contribution in [0.1, 0.15) is 32.6 Å². The van der Waals surface area contributed by atoms with Gasteiger partial charge in [0.2, 0.25) is 0 Å². The number of amides is 2. The number of carbonyl (C=O) groups excluding carboxylic acids is 1. The second kappa shape index (κ2) is 7.20. The maximum atomic E-state index is 13.9. The van der Waals surface area contributed by atoms with Gasteiger partial charge in [0.05, 0.1) is 5.69 Å². The average Bonchev–Trinajstić information content (AvgIpc) is 2.61. The number of para-hydroxylation sites is 1. The van der Waals surface area contributed by atoms with Crippen LogP contribution in [0.2, 0.25) is 0 Å². The predicted molar refractivity (Wildman–Crippen MR) is 90.2 cm³/mol. The van der Waals surface area contributed by atoms with Gasteiger partial charge in [-0.25, -0.2) is 9.18 Å². The normalized spacial score (nSPS) is 22.3. The molecule has 2 saturated heterocycles. The molecule has 0 bridgehead atoms. The van der Waals surface area contributed by atoms with E-state index in [0.29, 0.717) is 37.9 Å². The fourth-order valence-electron chi connectivity index (χ4n) is 3.71. The van der Waals surface area contributed by atoms with Crippen molar-refractivity contribution in [2.24, 2.45) is 0 Å². The Balaban J connectivity index is 1.60. The van der Waals surface area contributed by atoms with Crippen LogP contribution < -0.4 is 4.90 Å². The van der Waals surface area contributed by atoms with E-state index in [9.17, 15) is 9.18 Å². The van der Waals surface area contributed by atoms with Crippen LogP contribution in [0.25, 0.3) is 0 Å². The lowest BCUT2D eigenvalue weighted by Gasteiger charge is -2.42. The molecule has 1 atom stereocenters. The minimum Gasteiger partial charge on any atom is -0.366 e. The fraction of sp³-hybridized carbons (Fsp3) is 0.611. The average molecular weight is 319 g/mol. The zero-order chi connectivity index (χ0) is 16.2. The lowest BCUT2D eigenvalue weighted by Crippen LogP contribution is -2.56. The highest BCUT2D eigenvalue weighted by molar-refractivity contribution is 5.75. The summed E-state index contributed by atoms with van der Waals surface area (Å²) in [4.78, 5) is 18.8. The van der Waals surface area contributed by atoms with Gasteiger partial charge in [0.15, 0.2) is 0 Å². The molecule has 2 aliphatic heterocycles. The van der Waals surface area contributed by atoms with Crippen LogP contribution in [0, 0.1) is 5.82 Å². The SMILES string of the molecule is CCC1CCCCN1C(=O)N1CCN(c2ccccc2F)CC1. The lowest BCUT2D eigenvalue weighted by molar-refractivity contribution is 0.111. The molecule has 2 aliphatic rings. The Bertz CT molecular complexity index is 543. The van der Waals surface area contributed by atoms with E-state index in [2.05, 4.69) is 11.8 Å². The number of hydrogen-bond donors (Lipinski definition) is 0. The summed E-state index contributed by atoms with van der Waals surface area (Å²) in [6.07, 6.45) is 4.49. The number of likely N-dealkylation sites (tertiary alicyclic amines) is 1. The zero-order valence-electron chi connectivity index (χ0n) is 13.9. The summed E-state index contributed by atoms with van der Waals surface area (Å²) in [6, 6.07) is 7.43. The Morgan fingerprint density at radius 3 is 2.57 bits per heavy atom. The van der Waals surface area contributed by atoms with Crippen molar-refractivity contribution in [2.75, 3.05) is 37.6 Å². The van der Waals surface area contributed by atoms with Crippen molar-refractivity contribution in [1.82, 2.24) is 9.80 Å². The Labute approximate surface area is 137 Å². The molecule has 0 saturated carbocycles. The highest BCUT2D eigenvalue weighted by Crippen LogP contribution is 2.23. The van der Waals surface area contributed by atoms with Crippen LogP contribution >= 0.6 is 0 Å². The van der Waals surface area contributed by atoms with E-state index in [1.807, 2.05) is 21.9 Å². The topological polar surface area (TPSA) is 26.8 Å². The molecule has 1 unspecified atom stereocenters. The minimum absolute atomic E-state index is 0.171. The van der Waals surface area contributed by atoms with Gasteiger partial charge in [0.1, 0.15) is 5.82 Å². The van der Waals surface area contributed by atoms with Crippen molar-refractivity contribution < 1.29 is 9.18 Å². The molecule has 5 heteroatoms. The molecule has 126 valence electrons. The second-order valence-electron chi connectivity index (χ2n) is 6.46. The molecule has 0 aliphatic carbocycles. The summed E-state index contributed by atoms with van der Waals surface area (Å²) in [6.45, 7) is 5.76. The van der Waals surface area contributed by atoms with Gasteiger partial charge in [-0.05, 0) is 37.8 Å². The van der Waals surface area contributed by atoms with Gasteiger partial charge in [-0.2, -0.15) is 0 Å². The third kappa shape index (κ3) is 3.43. The molecule has 2 fully saturated rings. The van der Waals surface area contributed by atoms with Crippen molar-refractivity contribution >= 4 is 11.7 Å². The number of carbonyl (C=O) groups is 1. The molecule has 1 aromatic carbocycles. The molecule has 0 radical (unpaired) electrons. The maximum Gasteiger partial charge on any atom is 0.320 e. The molecular formula is C18H26FN3O. The molecule has 2 heterocycles. The van der Waals surface area contributed by atoms with Crippen LogP contribution in [0.15, 0.2) is 24.3 Å². The minimum atomic E-state index is -0.186. The first-order chi connectivity index (χ1) is 11.2. The molecule has 0 spiro atoms. The van der Waals surface area contributed by atoms with Crippen LogP contribution in [-0.2, 0) is 0 Å². The quantitative estimate of drug-likeness (QED) is 0.836. The number of urea groups is 1. The van der Waals surface area contributed by atoms with Crippen molar-refractivity contribution in [3.63, 3.8) is 0 Å². The van der Waals surface area contributed by atoms with Crippen molar-refractivity contribution in [3.05, 3.63) is 30.1 Å². The van der Waals surface area contributed by atoms with Gasteiger partial charge >= 0.3 is 6.03 Å². The lowest BCUT2D eigenvalue weighted by atomic mass is 10.0. The molecule has 23 heavy (non-hydrogen) atoms. The first kappa shape index (κ1) is 16.1. The third-order valence-corrected chi connectivity index (χ3v) is 5.09.